The molecule has 1 N–H and O–H groups in total. The van der Waals surface area contributed by atoms with E-state index in [0.717, 1.165) is 43.5 Å². The molecule has 0 unspecified atom stereocenters. The number of ether oxygens (including phenoxy) is 1. The molecule has 1 amide bonds. The molecule has 0 atom stereocenters. The van der Waals surface area contributed by atoms with Gasteiger partial charge in [-0.3, -0.25) is 9.52 Å². The second kappa shape index (κ2) is 11.1. The van der Waals surface area contributed by atoms with Crippen molar-refractivity contribution >= 4 is 27.3 Å². The van der Waals surface area contributed by atoms with Crippen molar-refractivity contribution in [3.8, 4) is 5.75 Å². The van der Waals surface area contributed by atoms with E-state index >= 15 is 0 Å². The fourth-order valence-electron chi connectivity index (χ4n) is 4.13. The Morgan fingerprint density at radius 1 is 1.09 bits per heavy atom. The number of amides is 1. The van der Waals surface area contributed by atoms with Crippen LogP contribution < -0.4 is 14.4 Å². The Morgan fingerprint density at radius 2 is 1.74 bits per heavy atom. The highest BCUT2D eigenvalue weighted by molar-refractivity contribution is 7.92. The van der Waals surface area contributed by atoms with Gasteiger partial charge in [0.1, 0.15) is 5.75 Å². The predicted molar refractivity (Wildman–Crippen MR) is 137 cm³/mol. The van der Waals surface area contributed by atoms with Gasteiger partial charge in [-0.05, 0) is 79.6 Å². The number of hydrogen-bond acceptors (Lipinski definition) is 5. The molecule has 186 valence electrons. The number of carbonyl (C=O) groups is 1. The highest BCUT2D eigenvalue weighted by Gasteiger charge is 2.30. The fraction of sp³-hybridized carbons (Fsp3) is 0.500. The highest BCUT2D eigenvalue weighted by atomic mass is 32.2. The number of anilines is 2. The minimum Gasteiger partial charge on any atom is -0.497 e. The molecule has 2 aromatic rings. The second-order valence-corrected chi connectivity index (χ2v) is 10.9. The summed E-state index contributed by atoms with van der Waals surface area (Å²) in [5.41, 5.74) is 2.35. The number of sulfonamides is 1. The lowest BCUT2D eigenvalue weighted by Gasteiger charge is -2.29. The van der Waals surface area contributed by atoms with Crippen molar-refractivity contribution in [1.29, 1.82) is 0 Å². The molecule has 1 aliphatic rings. The highest BCUT2D eigenvalue weighted by Crippen LogP contribution is 2.33. The molecule has 1 fully saturated rings. The topological polar surface area (TPSA) is 79.0 Å². The first-order chi connectivity index (χ1) is 16.2. The molecule has 34 heavy (non-hydrogen) atoms. The summed E-state index contributed by atoms with van der Waals surface area (Å²) in [7, 11) is 1.68. The second-order valence-electron chi connectivity index (χ2n) is 9.19. The Hall–Kier alpha value is -2.74. The lowest BCUT2D eigenvalue weighted by Crippen LogP contribution is -2.37. The zero-order valence-electron chi connectivity index (χ0n) is 20.9. The number of benzene rings is 2. The Morgan fingerprint density at radius 3 is 2.26 bits per heavy atom. The van der Waals surface area contributed by atoms with Crippen molar-refractivity contribution in [1.82, 2.24) is 4.90 Å². The summed E-state index contributed by atoms with van der Waals surface area (Å²) in [6.07, 6.45) is 3.96. The van der Waals surface area contributed by atoms with E-state index < -0.39 is 10.0 Å². The summed E-state index contributed by atoms with van der Waals surface area (Å²) >= 11 is 0. The summed E-state index contributed by atoms with van der Waals surface area (Å²) in [5, 5.41) is 0. The Bertz CT molecular complexity index is 1080. The lowest BCUT2D eigenvalue weighted by atomic mass is 10.0. The van der Waals surface area contributed by atoms with E-state index in [2.05, 4.69) is 18.6 Å². The average Bonchev–Trinajstić information content (AvgIpc) is 3.63. The molecule has 0 heterocycles. The van der Waals surface area contributed by atoms with Crippen LogP contribution >= 0.6 is 0 Å². The Balaban J connectivity index is 1.89. The van der Waals surface area contributed by atoms with Gasteiger partial charge >= 0.3 is 0 Å². The van der Waals surface area contributed by atoms with Crippen molar-refractivity contribution in [3.63, 3.8) is 0 Å². The van der Waals surface area contributed by atoms with Crippen LogP contribution in [-0.2, 0) is 21.4 Å². The van der Waals surface area contributed by atoms with Crippen molar-refractivity contribution in [2.24, 2.45) is 11.8 Å². The van der Waals surface area contributed by atoms with Crippen LogP contribution in [0.2, 0.25) is 0 Å². The summed E-state index contributed by atoms with van der Waals surface area (Å²) < 4.78 is 33.7. The van der Waals surface area contributed by atoms with Gasteiger partial charge in [-0.15, -0.1) is 0 Å². The maximum absolute atomic E-state index is 13.3. The van der Waals surface area contributed by atoms with E-state index in [-0.39, 0.29) is 16.7 Å². The predicted octanol–water partition coefficient (Wildman–Crippen LogP) is 4.74. The number of rotatable bonds is 12. The van der Waals surface area contributed by atoms with Gasteiger partial charge in [-0.25, -0.2) is 8.42 Å². The number of hydrogen-bond donors (Lipinski definition) is 1. The smallest absolute Gasteiger partial charge is 0.261 e. The van der Waals surface area contributed by atoms with E-state index in [4.69, 9.17) is 4.74 Å². The van der Waals surface area contributed by atoms with Crippen LogP contribution in [-0.4, -0.2) is 47.0 Å². The SMILES string of the molecule is CCC(CC)C(=O)N(Cc1cc(NS(=O)(=O)c2ccc(OC)cc2)ccc1N(C)C)CC1CC1. The molecule has 3 rings (SSSR count). The van der Waals surface area contributed by atoms with E-state index in [1.807, 2.05) is 36.0 Å². The molecular formula is C26H37N3O4S. The van der Waals surface area contributed by atoms with Crippen molar-refractivity contribution in [2.45, 2.75) is 51.0 Å². The first-order valence-corrected chi connectivity index (χ1v) is 13.4. The molecule has 0 radical (unpaired) electrons. The van der Waals surface area contributed by atoms with Crippen LogP contribution in [0, 0.1) is 11.8 Å². The largest absolute Gasteiger partial charge is 0.497 e. The van der Waals surface area contributed by atoms with Gasteiger partial charge < -0.3 is 14.5 Å². The van der Waals surface area contributed by atoms with E-state index in [1.165, 1.54) is 19.2 Å². The first-order valence-electron chi connectivity index (χ1n) is 11.9. The Labute approximate surface area is 204 Å². The fourth-order valence-corrected chi connectivity index (χ4v) is 5.18. The third kappa shape index (κ3) is 6.44. The van der Waals surface area contributed by atoms with Crippen LogP contribution in [0.3, 0.4) is 0 Å². The standard InChI is InChI=1S/C26H37N3O4S/c1-6-20(7-2)26(30)29(17-19-8-9-19)18-21-16-22(10-15-25(21)28(3)4)27-34(31,32)24-13-11-23(33-5)12-14-24/h10-16,19-20,27H,6-9,17-18H2,1-5H3. The molecule has 1 saturated carbocycles. The summed E-state index contributed by atoms with van der Waals surface area (Å²) in [4.78, 5) is 17.4. The first kappa shape index (κ1) is 25.9. The van der Waals surface area contributed by atoms with E-state index in [9.17, 15) is 13.2 Å². The van der Waals surface area contributed by atoms with Gasteiger partial charge in [-0.1, -0.05) is 13.8 Å². The minimum atomic E-state index is -3.76. The molecule has 0 saturated heterocycles. The molecular weight excluding hydrogens is 450 g/mol. The van der Waals surface area contributed by atoms with Gasteiger partial charge in [0.2, 0.25) is 5.91 Å². The van der Waals surface area contributed by atoms with E-state index in [1.54, 1.807) is 18.2 Å². The van der Waals surface area contributed by atoms with Gasteiger partial charge in [-0.2, -0.15) is 0 Å². The maximum Gasteiger partial charge on any atom is 0.261 e. The van der Waals surface area contributed by atoms with Crippen LogP contribution in [0.25, 0.3) is 0 Å². The summed E-state index contributed by atoms with van der Waals surface area (Å²) in [5.74, 6) is 1.36. The van der Waals surface area contributed by atoms with Crippen LogP contribution in [0.15, 0.2) is 47.4 Å². The quantitative estimate of drug-likeness (QED) is 0.468. The summed E-state index contributed by atoms with van der Waals surface area (Å²) in [6, 6.07) is 11.8. The maximum atomic E-state index is 13.3. The zero-order chi connectivity index (χ0) is 24.9. The normalized spacial score (nSPS) is 13.6. The van der Waals surface area contributed by atoms with Gasteiger partial charge in [0.15, 0.2) is 0 Å². The minimum absolute atomic E-state index is 0.0123. The Kier molecular flexibility index (Phi) is 8.47. The third-order valence-electron chi connectivity index (χ3n) is 6.37. The number of carbonyl (C=O) groups excluding carboxylic acids is 1. The molecule has 1 aliphatic carbocycles. The number of nitrogens with zero attached hydrogens (tertiary/aromatic N) is 2. The monoisotopic (exact) mass is 487 g/mol. The van der Waals surface area contributed by atoms with Crippen molar-refractivity contribution < 1.29 is 17.9 Å². The molecule has 7 nitrogen and oxygen atoms in total. The molecule has 8 heteroatoms. The molecule has 0 aromatic heterocycles. The third-order valence-corrected chi connectivity index (χ3v) is 7.76. The van der Waals surface area contributed by atoms with Crippen LogP contribution in [0.4, 0.5) is 11.4 Å². The van der Waals surface area contributed by atoms with E-state index in [0.29, 0.717) is 23.9 Å². The molecule has 2 aromatic carbocycles. The summed E-state index contributed by atoms with van der Waals surface area (Å²) in [6.45, 7) is 5.32. The number of nitrogens with one attached hydrogen (secondary N) is 1. The van der Waals surface area contributed by atoms with Crippen LogP contribution in [0.5, 0.6) is 5.75 Å². The van der Waals surface area contributed by atoms with Gasteiger partial charge in [0.05, 0.1) is 12.0 Å². The molecule has 0 aliphatic heterocycles. The number of methoxy groups -OCH3 is 1. The van der Waals surface area contributed by atoms with Crippen molar-refractivity contribution in [2.75, 3.05) is 37.4 Å². The van der Waals surface area contributed by atoms with Crippen LogP contribution in [0.1, 0.15) is 45.1 Å². The van der Waals surface area contributed by atoms with Gasteiger partial charge in [0, 0.05) is 44.5 Å². The zero-order valence-corrected chi connectivity index (χ0v) is 21.7. The lowest BCUT2D eigenvalue weighted by molar-refractivity contribution is -0.136. The van der Waals surface area contributed by atoms with Crippen molar-refractivity contribution in [3.05, 3.63) is 48.0 Å². The average molecular weight is 488 g/mol. The van der Waals surface area contributed by atoms with Gasteiger partial charge in [0.25, 0.3) is 10.0 Å². The molecule has 0 spiro atoms. The molecule has 0 bridgehead atoms.